The van der Waals surface area contributed by atoms with Gasteiger partial charge < -0.3 is 14.4 Å². The summed E-state index contributed by atoms with van der Waals surface area (Å²) >= 11 is 7.75. The first-order valence-electron chi connectivity index (χ1n) is 9.91. The van der Waals surface area contributed by atoms with Crippen molar-refractivity contribution in [1.29, 1.82) is 0 Å². The summed E-state index contributed by atoms with van der Waals surface area (Å²) in [6.45, 7) is 5.74. The Hall–Kier alpha value is -1.97. The van der Waals surface area contributed by atoms with Crippen molar-refractivity contribution in [1.82, 2.24) is 9.47 Å². The third-order valence-corrected chi connectivity index (χ3v) is 6.54. The molecule has 4 rings (SSSR count). The van der Waals surface area contributed by atoms with Crippen LogP contribution in [0, 0.1) is 11.8 Å². The molecule has 0 radical (unpaired) electrons. The molecule has 0 saturated carbocycles. The molecule has 0 amide bonds. The molecule has 0 spiro atoms. The molecule has 3 heterocycles. The highest BCUT2D eigenvalue weighted by Crippen LogP contribution is 2.30. The Kier molecular flexibility index (Phi) is 6.46. The van der Waals surface area contributed by atoms with Gasteiger partial charge in [-0.05, 0) is 55.7 Å². The number of hydrogen-bond donors (Lipinski definition) is 1. The van der Waals surface area contributed by atoms with E-state index in [1.807, 2.05) is 19.1 Å². The number of fused-ring (bicyclic) bond motifs is 1. The fourth-order valence-electron chi connectivity index (χ4n) is 3.81. The molecule has 1 aliphatic rings. The Labute approximate surface area is 180 Å². The number of benzene rings is 1. The van der Waals surface area contributed by atoms with Crippen LogP contribution in [0.25, 0.3) is 10.9 Å². The number of rotatable bonds is 6. The molecule has 1 aromatic carbocycles. The molecule has 29 heavy (non-hydrogen) atoms. The molecule has 0 bridgehead atoms. The van der Waals surface area contributed by atoms with Crippen LogP contribution in [0.5, 0.6) is 5.75 Å². The molecule has 1 fully saturated rings. The Balaban J connectivity index is 1.64. The van der Waals surface area contributed by atoms with Gasteiger partial charge >= 0.3 is 0 Å². The van der Waals surface area contributed by atoms with Gasteiger partial charge in [0.05, 0.1) is 17.0 Å². The van der Waals surface area contributed by atoms with Crippen LogP contribution in [-0.2, 0) is 13.1 Å². The lowest BCUT2D eigenvalue weighted by atomic mass is 10.1. The summed E-state index contributed by atoms with van der Waals surface area (Å²) in [4.78, 5) is 3.65. The zero-order valence-electron chi connectivity index (χ0n) is 16.5. The van der Waals surface area contributed by atoms with Crippen molar-refractivity contribution in [3.8, 4) is 17.6 Å². The lowest BCUT2D eigenvalue weighted by Crippen LogP contribution is -2.35. The maximum Gasteiger partial charge on any atom is 0.149 e. The van der Waals surface area contributed by atoms with E-state index in [-0.39, 0.29) is 6.10 Å². The third-order valence-electron chi connectivity index (χ3n) is 5.33. The van der Waals surface area contributed by atoms with Crippen LogP contribution in [0.4, 0.5) is 0 Å². The van der Waals surface area contributed by atoms with Crippen LogP contribution in [0.15, 0.2) is 36.5 Å². The highest BCUT2D eigenvalue weighted by atomic mass is 35.5. The fraction of sp³-hybridized carbons (Fsp3) is 0.391. The zero-order valence-corrected chi connectivity index (χ0v) is 18.1. The number of thiophene rings is 1. The number of aromatic nitrogens is 1. The molecule has 152 valence electrons. The molecule has 6 heteroatoms. The number of piperidine rings is 1. The van der Waals surface area contributed by atoms with Gasteiger partial charge in [0.2, 0.25) is 0 Å². The second-order valence-electron chi connectivity index (χ2n) is 7.39. The SMILES string of the molecule is CC#CCOc1ccc2c(c1)c(CN1CCC(O)CC1)cn2Cc1ccc(Cl)s1. The number of nitrogens with zero attached hydrogens (tertiary/aromatic N) is 2. The molecule has 2 aromatic heterocycles. The molecular weight excluding hydrogens is 404 g/mol. The van der Waals surface area contributed by atoms with E-state index in [1.54, 1.807) is 11.3 Å². The molecular formula is C23H25ClN2O2S. The molecule has 3 aromatic rings. The molecule has 1 saturated heterocycles. The van der Waals surface area contributed by atoms with Crippen LogP contribution < -0.4 is 4.74 Å². The van der Waals surface area contributed by atoms with E-state index in [1.165, 1.54) is 21.3 Å². The fourth-order valence-corrected chi connectivity index (χ4v) is 4.90. The minimum atomic E-state index is -0.157. The minimum Gasteiger partial charge on any atom is -0.481 e. The molecule has 0 atom stereocenters. The average Bonchev–Trinajstić information content (AvgIpc) is 3.27. The maximum atomic E-state index is 9.81. The Bertz CT molecular complexity index is 1040. The van der Waals surface area contributed by atoms with E-state index >= 15 is 0 Å². The summed E-state index contributed by atoms with van der Waals surface area (Å²) in [5.74, 6) is 6.65. The zero-order chi connectivity index (χ0) is 20.2. The van der Waals surface area contributed by atoms with Gasteiger partial charge in [0, 0.05) is 41.6 Å². The first-order valence-corrected chi connectivity index (χ1v) is 11.1. The number of likely N-dealkylation sites (tertiary alicyclic amines) is 1. The first kappa shape index (κ1) is 20.3. The second kappa shape index (κ2) is 9.23. The third kappa shape index (κ3) is 4.96. The molecule has 0 unspecified atom stereocenters. The lowest BCUT2D eigenvalue weighted by molar-refractivity contribution is 0.0794. The van der Waals surface area contributed by atoms with Crippen molar-refractivity contribution in [2.45, 2.75) is 39.0 Å². The summed E-state index contributed by atoms with van der Waals surface area (Å²) in [7, 11) is 0. The smallest absolute Gasteiger partial charge is 0.149 e. The monoisotopic (exact) mass is 428 g/mol. The molecule has 1 N–H and O–H groups in total. The predicted octanol–water partition coefficient (Wildman–Crippen LogP) is 4.76. The second-order valence-corrected chi connectivity index (χ2v) is 9.19. The van der Waals surface area contributed by atoms with E-state index in [0.29, 0.717) is 6.61 Å². The van der Waals surface area contributed by atoms with Crippen LogP contribution in [-0.4, -0.2) is 40.4 Å². The van der Waals surface area contributed by atoms with Crippen molar-refractivity contribution in [2.24, 2.45) is 0 Å². The van der Waals surface area contributed by atoms with Crippen molar-refractivity contribution in [3.05, 3.63) is 51.3 Å². The van der Waals surface area contributed by atoms with E-state index in [0.717, 1.165) is 49.1 Å². The maximum absolute atomic E-state index is 9.81. The number of halogens is 1. The first-order chi connectivity index (χ1) is 14.1. The standard InChI is InChI=1S/C23H25ClN2O2S/c1-2-3-12-28-19-4-6-22-21(13-19)17(14-25-10-8-18(27)9-11-25)15-26(22)16-20-5-7-23(24)29-20/h4-7,13,15,18,27H,8-12,14,16H2,1H3. The predicted molar refractivity (Wildman–Crippen MR) is 120 cm³/mol. The Morgan fingerprint density at radius 1 is 1.21 bits per heavy atom. The van der Waals surface area contributed by atoms with Crippen molar-refractivity contribution >= 4 is 33.8 Å². The quantitative estimate of drug-likeness (QED) is 0.575. The van der Waals surface area contributed by atoms with Gasteiger partial charge in [-0.3, -0.25) is 4.90 Å². The van der Waals surface area contributed by atoms with Crippen molar-refractivity contribution in [3.63, 3.8) is 0 Å². The topological polar surface area (TPSA) is 37.6 Å². The van der Waals surface area contributed by atoms with Crippen molar-refractivity contribution in [2.75, 3.05) is 19.7 Å². The molecule has 1 aliphatic heterocycles. The van der Waals surface area contributed by atoms with Crippen LogP contribution in [0.1, 0.15) is 30.2 Å². The van der Waals surface area contributed by atoms with Crippen LogP contribution in [0.3, 0.4) is 0 Å². The summed E-state index contributed by atoms with van der Waals surface area (Å²) in [5, 5.41) is 11.0. The highest BCUT2D eigenvalue weighted by molar-refractivity contribution is 7.16. The number of aliphatic hydroxyl groups excluding tert-OH is 1. The van der Waals surface area contributed by atoms with Gasteiger partial charge in [-0.1, -0.05) is 17.5 Å². The summed E-state index contributed by atoms with van der Waals surface area (Å²) in [5.41, 5.74) is 2.47. The number of aliphatic hydroxyl groups is 1. The molecule has 0 aliphatic carbocycles. The van der Waals surface area contributed by atoms with Gasteiger partial charge in [-0.15, -0.1) is 17.3 Å². The van der Waals surface area contributed by atoms with Gasteiger partial charge in [-0.25, -0.2) is 0 Å². The average molecular weight is 429 g/mol. The van der Waals surface area contributed by atoms with Gasteiger partial charge in [0.15, 0.2) is 0 Å². The summed E-state index contributed by atoms with van der Waals surface area (Å²) in [6, 6.07) is 10.3. The van der Waals surface area contributed by atoms with E-state index in [2.05, 4.69) is 45.7 Å². The molecule has 4 nitrogen and oxygen atoms in total. The van der Waals surface area contributed by atoms with E-state index in [4.69, 9.17) is 16.3 Å². The lowest BCUT2D eigenvalue weighted by Gasteiger charge is -2.29. The summed E-state index contributed by atoms with van der Waals surface area (Å²) < 4.78 is 8.91. The summed E-state index contributed by atoms with van der Waals surface area (Å²) in [6.07, 6.45) is 3.78. The van der Waals surface area contributed by atoms with Crippen LogP contribution in [0.2, 0.25) is 4.34 Å². The van der Waals surface area contributed by atoms with Gasteiger partial charge in [-0.2, -0.15) is 0 Å². The van der Waals surface area contributed by atoms with E-state index in [9.17, 15) is 5.11 Å². The number of ether oxygens (including phenoxy) is 1. The van der Waals surface area contributed by atoms with Gasteiger partial charge in [0.25, 0.3) is 0 Å². The normalized spacial score (nSPS) is 15.4. The van der Waals surface area contributed by atoms with E-state index < -0.39 is 0 Å². The largest absolute Gasteiger partial charge is 0.481 e. The Morgan fingerprint density at radius 2 is 2.03 bits per heavy atom. The highest BCUT2D eigenvalue weighted by Gasteiger charge is 2.19. The minimum absolute atomic E-state index is 0.157. The van der Waals surface area contributed by atoms with Crippen molar-refractivity contribution < 1.29 is 9.84 Å². The van der Waals surface area contributed by atoms with Gasteiger partial charge in [0.1, 0.15) is 12.4 Å². The number of hydrogen-bond acceptors (Lipinski definition) is 4. The van der Waals surface area contributed by atoms with Crippen LogP contribution >= 0.6 is 22.9 Å². The Morgan fingerprint density at radius 3 is 2.76 bits per heavy atom.